The Morgan fingerprint density at radius 3 is 2.61 bits per heavy atom. The van der Waals surface area contributed by atoms with Crippen molar-refractivity contribution in [2.24, 2.45) is 0 Å². The van der Waals surface area contributed by atoms with Crippen LogP contribution in [0.25, 0.3) is 11.1 Å². The van der Waals surface area contributed by atoms with Crippen LogP contribution in [0, 0.1) is 0 Å². The van der Waals surface area contributed by atoms with Gasteiger partial charge in [0.05, 0.1) is 17.1 Å². The van der Waals surface area contributed by atoms with Crippen LogP contribution in [-0.2, 0) is 18.0 Å². The molecule has 1 atom stereocenters. The van der Waals surface area contributed by atoms with Crippen LogP contribution in [0.3, 0.4) is 0 Å². The first kappa shape index (κ1) is 23.0. The molecule has 1 aliphatic rings. The lowest BCUT2D eigenvalue weighted by atomic mass is 10.0. The summed E-state index contributed by atoms with van der Waals surface area (Å²) in [6.45, 7) is 9.78. The zero-order chi connectivity index (χ0) is 23.9. The first-order valence-corrected chi connectivity index (χ1v) is 14.6. The largest absolute Gasteiger partial charge is 0.478 e. The molecule has 0 aliphatic carbocycles. The maximum absolute atomic E-state index is 13.0. The van der Waals surface area contributed by atoms with Crippen molar-refractivity contribution in [2.75, 3.05) is 6.61 Å². The third kappa shape index (κ3) is 4.65. The molecule has 1 amide bonds. The Hall–Kier alpha value is -3.17. The van der Waals surface area contributed by atoms with Gasteiger partial charge in [-0.15, -0.1) is 0 Å². The number of aromatic nitrogens is 1. The molecular formula is C24H28N2O6Si. The van der Waals surface area contributed by atoms with E-state index in [9.17, 15) is 19.5 Å². The number of aromatic carboxylic acids is 1. The SMILES string of the molecule is CC1c2ccc(C(=O)O)cc2C(=O)N1Cc1ccc2c(c1)oc(=O)n2COCC[Si](C)(C)C. The predicted molar refractivity (Wildman–Crippen MR) is 126 cm³/mol. The van der Waals surface area contributed by atoms with E-state index in [1.54, 1.807) is 23.1 Å². The highest BCUT2D eigenvalue weighted by molar-refractivity contribution is 6.76. The average Bonchev–Trinajstić information content (AvgIpc) is 3.18. The quantitative estimate of drug-likeness (QED) is 0.390. The summed E-state index contributed by atoms with van der Waals surface area (Å²) in [5.74, 6) is -1.75. The van der Waals surface area contributed by atoms with E-state index in [4.69, 9.17) is 9.15 Å². The Balaban J connectivity index is 1.51. The third-order valence-corrected chi connectivity index (χ3v) is 7.72. The van der Waals surface area contributed by atoms with Gasteiger partial charge in [0.1, 0.15) is 6.73 Å². The molecule has 2 aromatic carbocycles. The first-order valence-electron chi connectivity index (χ1n) is 10.9. The summed E-state index contributed by atoms with van der Waals surface area (Å²) in [6.07, 6.45) is 0. The van der Waals surface area contributed by atoms with Crippen molar-refractivity contribution in [3.8, 4) is 0 Å². The molecule has 4 rings (SSSR count). The number of benzene rings is 2. The predicted octanol–water partition coefficient (Wildman–Crippen LogP) is 4.32. The Kier molecular flexibility index (Phi) is 6.02. The number of carboxylic acids is 1. The lowest BCUT2D eigenvalue weighted by molar-refractivity contribution is 0.0696. The average molecular weight is 469 g/mol. The number of carbonyl (C=O) groups excluding carboxylic acids is 1. The van der Waals surface area contributed by atoms with Gasteiger partial charge in [-0.3, -0.25) is 4.79 Å². The standard InChI is InChI=1S/C24H28N2O6Si/c1-15-18-7-6-17(23(28)29)12-19(18)22(27)25(15)13-16-5-8-20-21(11-16)32-24(30)26(20)14-31-9-10-33(2,3)4/h5-8,11-12,15H,9-10,13-14H2,1-4H3,(H,28,29). The summed E-state index contributed by atoms with van der Waals surface area (Å²) in [4.78, 5) is 38.3. The lowest BCUT2D eigenvalue weighted by Gasteiger charge is -2.22. The van der Waals surface area contributed by atoms with Crippen LogP contribution in [0.4, 0.5) is 0 Å². The molecule has 0 saturated heterocycles. The van der Waals surface area contributed by atoms with Gasteiger partial charge < -0.3 is 19.2 Å². The molecule has 0 bridgehead atoms. The molecule has 1 unspecified atom stereocenters. The van der Waals surface area contributed by atoms with E-state index >= 15 is 0 Å². The zero-order valence-corrected chi connectivity index (χ0v) is 20.3. The topological polar surface area (TPSA) is 102 Å². The van der Waals surface area contributed by atoms with Gasteiger partial charge in [0.25, 0.3) is 5.91 Å². The second-order valence-electron chi connectivity index (χ2n) is 9.66. The van der Waals surface area contributed by atoms with Gasteiger partial charge in [0.2, 0.25) is 0 Å². The van der Waals surface area contributed by atoms with Gasteiger partial charge in [-0.05, 0) is 48.4 Å². The van der Waals surface area contributed by atoms with Crippen molar-refractivity contribution in [2.45, 2.75) is 51.9 Å². The van der Waals surface area contributed by atoms with Gasteiger partial charge in [0, 0.05) is 26.8 Å². The minimum Gasteiger partial charge on any atom is -0.478 e. The fraction of sp³-hybridized carbons (Fsp3) is 0.375. The summed E-state index contributed by atoms with van der Waals surface area (Å²) in [5.41, 5.74) is 3.21. The van der Waals surface area contributed by atoms with E-state index in [-0.39, 0.29) is 24.2 Å². The molecule has 0 spiro atoms. The minimum absolute atomic E-state index is 0.0905. The Bertz CT molecular complexity index is 1290. The Labute approximate surface area is 192 Å². The van der Waals surface area contributed by atoms with E-state index in [0.29, 0.717) is 29.8 Å². The lowest BCUT2D eigenvalue weighted by Crippen LogP contribution is -2.26. The van der Waals surface area contributed by atoms with E-state index in [0.717, 1.165) is 17.2 Å². The summed E-state index contributed by atoms with van der Waals surface area (Å²) in [6, 6.07) is 10.9. The normalized spacial score (nSPS) is 15.9. The number of carboxylic acid groups (broad SMARTS) is 1. The van der Waals surface area contributed by atoms with Crippen LogP contribution in [0.5, 0.6) is 0 Å². The number of rotatable bonds is 8. The molecule has 1 aliphatic heterocycles. The molecule has 33 heavy (non-hydrogen) atoms. The highest BCUT2D eigenvalue weighted by Crippen LogP contribution is 2.35. The van der Waals surface area contributed by atoms with Crippen LogP contribution < -0.4 is 5.76 Å². The number of carbonyl (C=O) groups is 2. The molecule has 8 nitrogen and oxygen atoms in total. The van der Waals surface area contributed by atoms with Crippen LogP contribution in [0.1, 0.15) is 44.8 Å². The summed E-state index contributed by atoms with van der Waals surface area (Å²) >= 11 is 0. The van der Waals surface area contributed by atoms with E-state index in [1.165, 1.54) is 16.7 Å². The fourth-order valence-corrected chi connectivity index (χ4v) is 4.77. The van der Waals surface area contributed by atoms with Crippen LogP contribution in [0.15, 0.2) is 45.6 Å². The zero-order valence-electron chi connectivity index (χ0n) is 19.3. The smallest absolute Gasteiger partial charge is 0.421 e. The second-order valence-corrected chi connectivity index (χ2v) is 15.3. The minimum atomic E-state index is -1.21. The molecule has 9 heteroatoms. The third-order valence-electron chi connectivity index (χ3n) is 6.01. The van der Waals surface area contributed by atoms with Crippen LogP contribution >= 0.6 is 0 Å². The van der Waals surface area contributed by atoms with Crippen molar-refractivity contribution >= 4 is 31.1 Å². The Morgan fingerprint density at radius 2 is 1.91 bits per heavy atom. The highest BCUT2D eigenvalue weighted by atomic mass is 28.3. The number of hydrogen-bond acceptors (Lipinski definition) is 5. The maximum Gasteiger partial charge on any atom is 0.421 e. The molecule has 0 saturated carbocycles. The molecule has 1 aromatic heterocycles. The fourth-order valence-electron chi connectivity index (χ4n) is 4.01. The van der Waals surface area contributed by atoms with Gasteiger partial charge in [-0.2, -0.15) is 0 Å². The molecule has 0 fully saturated rings. The molecular weight excluding hydrogens is 440 g/mol. The molecule has 0 radical (unpaired) electrons. The van der Waals surface area contributed by atoms with E-state index < -0.39 is 19.8 Å². The number of oxazole rings is 1. The number of amides is 1. The summed E-state index contributed by atoms with van der Waals surface area (Å²) in [5, 5.41) is 9.23. The summed E-state index contributed by atoms with van der Waals surface area (Å²) in [7, 11) is -1.21. The van der Waals surface area contributed by atoms with Gasteiger partial charge in [-0.1, -0.05) is 31.8 Å². The highest BCUT2D eigenvalue weighted by Gasteiger charge is 2.34. The van der Waals surface area contributed by atoms with Crippen LogP contribution in [-0.4, -0.2) is 41.1 Å². The van der Waals surface area contributed by atoms with Crippen molar-refractivity contribution in [1.82, 2.24) is 9.47 Å². The molecule has 174 valence electrons. The molecule has 3 aromatic rings. The second kappa shape index (κ2) is 8.64. The number of fused-ring (bicyclic) bond motifs is 2. The van der Waals surface area contributed by atoms with Crippen LogP contribution in [0.2, 0.25) is 25.7 Å². The van der Waals surface area contributed by atoms with Crippen molar-refractivity contribution in [3.63, 3.8) is 0 Å². The van der Waals surface area contributed by atoms with Crippen molar-refractivity contribution in [3.05, 3.63) is 69.2 Å². The van der Waals surface area contributed by atoms with Gasteiger partial charge >= 0.3 is 11.7 Å². The van der Waals surface area contributed by atoms with Gasteiger partial charge in [0.15, 0.2) is 5.58 Å². The van der Waals surface area contributed by atoms with E-state index in [2.05, 4.69) is 19.6 Å². The monoisotopic (exact) mass is 468 g/mol. The van der Waals surface area contributed by atoms with Crippen molar-refractivity contribution in [1.29, 1.82) is 0 Å². The first-order chi connectivity index (χ1) is 15.5. The molecule has 2 heterocycles. The Morgan fingerprint density at radius 1 is 1.15 bits per heavy atom. The molecule has 1 N–H and O–H groups in total. The summed E-state index contributed by atoms with van der Waals surface area (Å²) < 4.78 is 12.6. The number of nitrogens with zero attached hydrogens (tertiary/aromatic N) is 2. The van der Waals surface area contributed by atoms with E-state index in [1.807, 2.05) is 13.0 Å². The number of hydrogen-bond donors (Lipinski definition) is 1. The maximum atomic E-state index is 13.0. The number of ether oxygens (including phenoxy) is 1. The van der Waals surface area contributed by atoms with Crippen molar-refractivity contribution < 1.29 is 23.8 Å². The van der Waals surface area contributed by atoms with Gasteiger partial charge in [-0.25, -0.2) is 14.2 Å².